The molecule has 1 aliphatic carbocycles. The molecule has 1 saturated heterocycles. The van der Waals surface area contributed by atoms with Gasteiger partial charge in [-0.25, -0.2) is 0 Å². The molecule has 1 fully saturated rings. The van der Waals surface area contributed by atoms with Crippen LogP contribution in [0.1, 0.15) is 42.1 Å². The predicted octanol–water partition coefficient (Wildman–Crippen LogP) is 3.70. The minimum Gasteiger partial charge on any atom is -0.495 e. The number of likely N-dealkylation sites (tertiary alicyclic amines) is 1. The van der Waals surface area contributed by atoms with Gasteiger partial charge in [0.15, 0.2) is 0 Å². The lowest BCUT2D eigenvalue weighted by molar-refractivity contribution is -0.116. The summed E-state index contributed by atoms with van der Waals surface area (Å²) < 4.78 is 12.1. The minimum atomic E-state index is -0.136. The van der Waals surface area contributed by atoms with Crippen LogP contribution in [0.3, 0.4) is 0 Å². The number of halogens is 1. The van der Waals surface area contributed by atoms with Gasteiger partial charge in [-0.1, -0.05) is 11.6 Å². The highest BCUT2D eigenvalue weighted by Gasteiger charge is 2.40. The highest BCUT2D eigenvalue weighted by molar-refractivity contribution is 6.32. The maximum atomic E-state index is 11.7. The third-order valence-electron chi connectivity index (χ3n) is 6.69. The molecule has 7 heteroatoms. The van der Waals surface area contributed by atoms with Gasteiger partial charge in [-0.15, -0.1) is 0 Å². The van der Waals surface area contributed by atoms with Gasteiger partial charge in [-0.2, -0.15) is 0 Å². The number of aryl methyl sites for hydroxylation is 1. The largest absolute Gasteiger partial charge is 0.495 e. The van der Waals surface area contributed by atoms with E-state index in [0.29, 0.717) is 17.2 Å². The number of rotatable bonds is 4. The van der Waals surface area contributed by atoms with Gasteiger partial charge in [0.2, 0.25) is 5.91 Å². The fraction of sp³-hybridized carbons (Fsp3) is 0.458. The fourth-order valence-electron chi connectivity index (χ4n) is 5.13. The summed E-state index contributed by atoms with van der Waals surface area (Å²) in [6.45, 7) is 1.90. The van der Waals surface area contributed by atoms with Gasteiger partial charge in [-0.3, -0.25) is 9.69 Å². The Balaban J connectivity index is 1.48. The number of nitrogens with zero attached hydrogens (tertiary/aromatic N) is 1. The Bertz CT molecular complexity index is 1010. The Kier molecular flexibility index (Phi) is 5.54. The second-order valence-electron chi connectivity index (χ2n) is 8.76. The molecule has 0 unspecified atom stereocenters. The summed E-state index contributed by atoms with van der Waals surface area (Å²) in [6.07, 6.45) is 4.14. The van der Waals surface area contributed by atoms with Crippen molar-refractivity contribution >= 4 is 23.2 Å². The number of ether oxygens (including phenoxy) is 2. The summed E-state index contributed by atoms with van der Waals surface area (Å²) in [7, 11) is 1.64. The van der Waals surface area contributed by atoms with Crippen molar-refractivity contribution in [3.63, 3.8) is 0 Å². The van der Waals surface area contributed by atoms with E-state index in [2.05, 4.69) is 16.3 Å². The summed E-state index contributed by atoms with van der Waals surface area (Å²) >= 11 is 6.43. The van der Waals surface area contributed by atoms with Crippen molar-refractivity contribution < 1.29 is 14.3 Å². The Hall–Kier alpha value is -2.28. The summed E-state index contributed by atoms with van der Waals surface area (Å²) in [5, 5.41) is 3.56. The van der Waals surface area contributed by atoms with E-state index in [1.807, 2.05) is 24.3 Å². The normalized spacial score (nSPS) is 25.5. The van der Waals surface area contributed by atoms with Crippen molar-refractivity contribution in [2.45, 2.75) is 50.3 Å². The van der Waals surface area contributed by atoms with Gasteiger partial charge in [0.05, 0.1) is 18.2 Å². The number of nitrogens with two attached hydrogens (primary N) is 1. The zero-order valence-corrected chi connectivity index (χ0v) is 18.5. The number of nitrogens with one attached hydrogen (secondary N) is 1. The second-order valence-corrected chi connectivity index (χ2v) is 9.17. The molecule has 0 aromatic heterocycles. The first-order chi connectivity index (χ1) is 15.0. The number of carbonyl (C=O) groups is 1. The molecule has 164 valence electrons. The number of anilines is 1. The lowest BCUT2D eigenvalue weighted by Crippen LogP contribution is -2.49. The highest BCUT2D eigenvalue weighted by Crippen LogP contribution is 2.43. The highest BCUT2D eigenvalue weighted by atomic mass is 35.5. The number of hydrogen-bond donors (Lipinski definition) is 2. The minimum absolute atomic E-state index is 0.0661. The Morgan fingerprint density at radius 3 is 2.87 bits per heavy atom. The molecule has 0 radical (unpaired) electrons. The molecule has 0 saturated carbocycles. The zero-order chi connectivity index (χ0) is 21.5. The van der Waals surface area contributed by atoms with Crippen LogP contribution in [0.25, 0.3) is 0 Å². The topological polar surface area (TPSA) is 76.8 Å². The van der Waals surface area contributed by atoms with Crippen molar-refractivity contribution in [2.75, 3.05) is 25.5 Å². The molecular formula is C24H28ClN3O3. The number of carbonyl (C=O) groups excluding carboxylic acids is 1. The van der Waals surface area contributed by atoms with E-state index in [4.69, 9.17) is 26.8 Å². The third kappa shape index (κ3) is 4.00. The quantitative estimate of drug-likeness (QED) is 0.756. The van der Waals surface area contributed by atoms with Crippen LogP contribution in [0, 0.1) is 0 Å². The Morgan fingerprint density at radius 1 is 1.19 bits per heavy atom. The Labute approximate surface area is 187 Å². The molecule has 0 bridgehead atoms. The van der Waals surface area contributed by atoms with E-state index in [-0.39, 0.29) is 24.1 Å². The average Bonchev–Trinajstić information content (AvgIpc) is 3.10. The standard InChI is InChI=1S/C24H28ClN3O3/c1-30-22-12-18-15(10-19(22)25)11-21(28-8-2-3-16(26)13-28)24(18)31-17-5-6-20-14(9-17)4-7-23(29)27-20/h5-6,9-10,12,16,21,24H,2-4,7-8,11,13,26H2,1H3,(H,27,29)/t16-,21-,24-/m1/s1. The van der Waals surface area contributed by atoms with Crippen LogP contribution in [-0.2, 0) is 17.6 Å². The van der Waals surface area contributed by atoms with Gasteiger partial charge < -0.3 is 20.5 Å². The van der Waals surface area contributed by atoms with Crippen LogP contribution in [0.4, 0.5) is 5.69 Å². The SMILES string of the molecule is COc1cc2c(cc1Cl)C[C@@H](N1CCC[C@@H](N)C1)[C@@H]2Oc1ccc2c(c1)CCC(=O)N2. The molecule has 3 atom stereocenters. The first-order valence-electron chi connectivity index (χ1n) is 11.0. The molecular weight excluding hydrogens is 414 g/mol. The molecule has 31 heavy (non-hydrogen) atoms. The number of piperidine rings is 1. The predicted molar refractivity (Wildman–Crippen MR) is 121 cm³/mol. The summed E-state index contributed by atoms with van der Waals surface area (Å²) in [5.74, 6) is 1.54. The van der Waals surface area contributed by atoms with E-state index in [1.54, 1.807) is 7.11 Å². The number of amides is 1. The van der Waals surface area contributed by atoms with Gasteiger partial charge in [0.25, 0.3) is 0 Å². The molecule has 6 nitrogen and oxygen atoms in total. The van der Waals surface area contributed by atoms with Crippen LogP contribution in [0.15, 0.2) is 30.3 Å². The molecule has 3 N–H and O–H groups in total. The molecule has 2 heterocycles. The van der Waals surface area contributed by atoms with Crippen molar-refractivity contribution in [2.24, 2.45) is 5.73 Å². The maximum Gasteiger partial charge on any atom is 0.224 e. The van der Waals surface area contributed by atoms with Crippen LogP contribution >= 0.6 is 11.6 Å². The molecule has 0 spiro atoms. The van der Waals surface area contributed by atoms with Crippen molar-refractivity contribution in [1.82, 2.24) is 4.90 Å². The lowest BCUT2D eigenvalue weighted by atomic mass is 10.0. The maximum absolute atomic E-state index is 11.7. The van der Waals surface area contributed by atoms with Gasteiger partial charge in [0, 0.05) is 30.3 Å². The molecule has 1 amide bonds. The monoisotopic (exact) mass is 441 g/mol. The van der Waals surface area contributed by atoms with Crippen LogP contribution in [-0.4, -0.2) is 43.1 Å². The van der Waals surface area contributed by atoms with Gasteiger partial charge in [-0.05, 0) is 73.7 Å². The van der Waals surface area contributed by atoms with Crippen LogP contribution in [0.5, 0.6) is 11.5 Å². The van der Waals surface area contributed by atoms with Crippen molar-refractivity contribution in [3.05, 3.63) is 52.0 Å². The van der Waals surface area contributed by atoms with Crippen molar-refractivity contribution in [1.29, 1.82) is 0 Å². The number of methoxy groups -OCH3 is 1. The molecule has 2 aromatic carbocycles. The third-order valence-corrected chi connectivity index (χ3v) is 6.99. The number of benzene rings is 2. The van der Waals surface area contributed by atoms with E-state index in [1.165, 1.54) is 5.56 Å². The van der Waals surface area contributed by atoms with Gasteiger partial charge >= 0.3 is 0 Å². The molecule has 2 aromatic rings. The lowest BCUT2D eigenvalue weighted by Gasteiger charge is -2.38. The van der Waals surface area contributed by atoms with Crippen LogP contribution < -0.4 is 20.5 Å². The second kappa shape index (κ2) is 8.34. The van der Waals surface area contributed by atoms with E-state index in [0.717, 1.165) is 61.3 Å². The van der Waals surface area contributed by atoms with Crippen molar-refractivity contribution in [3.8, 4) is 11.5 Å². The zero-order valence-electron chi connectivity index (χ0n) is 17.7. The number of hydrogen-bond acceptors (Lipinski definition) is 5. The van der Waals surface area contributed by atoms with Gasteiger partial charge in [0.1, 0.15) is 17.6 Å². The van der Waals surface area contributed by atoms with E-state index >= 15 is 0 Å². The smallest absolute Gasteiger partial charge is 0.224 e. The van der Waals surface area contributed by atoms with E-state index < -0.39 is 0 Å². The molecule has 5 rings (SSSR count). The molecule has 3 aliphatic rings. The van der Waals surface area contributed by atoms with Crippen LogP contribution in [0.2, 0.25) is 5.02 Å². The first kappa shape index (κ1) is 20.6. The average molecular weight is 442 g/mol. The summed E-state index contributed by atoms with van der Waals surface area (Å²) in [5.41, 5.74) is 10.6. The fourth-order valence-corrected chi connectivity index (χ4v) is 5.40. The first-order valence-corrected chi connectivity index (χ1v) is 11.3. The van der Waals surface area contributed by atoms with E-state index in [9.17, 15) is 4.79 Å². The summed E-state index contributed by atoms with van der Waals surface area (Å²) in [4.78, 5) is 14.1. The number of fused-ring (bicyclic) bond motifs is 2. The summed E-state index contributed by atoms with van der Waals surface area (Å²) in [6, 6.07) is 10.4. The Morgan fingerprint density at radius 2 is 2.06 bits per heavy atom. The molecule has 2 aliphatic heterocycles.